The lowest BCUT2D eigenvalue weighted by atomic mass is 10.1. The molecule has 1 unspecified atom stereocenters. The van der Waals surface area contributed by atoms with Gasteiger partial charge in [0.2, 0.25) is 0 Å². The van der Waals surface area contributed by atoms with E-state index in [-0.39, 0.29) is 6.04 Å². The molecule has 0 radical (unpaired) electrons. The van der Waals surface area contributed by atoms with Crippen molar-refractivity contribution in [2.45, 2.75) is 52.1 Å². The van der Waals surface area contributed by atoms with E-state index in [0.29, 0.717) is 6.04 Å². The van der Waals surface area contributed by atoms with Gasteiger partial charge in [-0.05, 0) is 32.4 Å². The van der Waals surface area contributed by atoms with Gasteiger partial charge in [0.1, 0.15) is 11.6 Å². The average Bonchev–Trinajstić information content (AvgIpc) is 2.82. The molecular formula is C16H25N3O. The Balaban J connectivity index is 2.49. The van der Waals surface area contributed by atoms with Crippen molar-refractivity contribution in [2.24, 2.45) is 5.73 Å². The Morgan fingerprint density at radius 2 is 2.10 bits per heavy atom. The first-order valence-electron chi connectivity index (χ1n) is 7.40. The van der Waals surface area contributed by atoms with E-state index in [1.807, 2.05) is 12.1 Å². The largest absolute Gasteiger partial charge is 0.497 e. The minimum atomic E-state index is -0.00394. The number of aromatic nitrogens is 2. The number of ether oxygens (including phenoxy) is 1. The van der Waals surface area contributed by atoms with Crippen LogP contribution in [0.5, 0.6) is 5.75 Å². The van der Waals surface area contributed by atoms with Crippen LogP contribution in [0.2, 0.25) is 0 Å². The Hall–Kier alpha value is -1.55. The number of hydrogen-bond acceptors (Lipinski definition) is 3. The molecule has 0 saturated carbocycles. The lowest BCUT2D eigenvalue weighted by Gasteiger charge is -2.17. The third-order valence-electron chi connectivity index (χ3n) is 3.64. The second-order valence-corrected chi connectivity index (χ2v) is 5.54. The van der Waals surface area contributed by atoms with Crippen LogP contribution in [0, 0.1) is 0 Å². The van der Waals surface area contributed by atoms with Crippen molar-refractivity contribution in [2.75, 3.05) is 7.11 Å². The summed E-state index contributed by atoms with van der Waals surface area (Å²) in [6.45, 7) is 6.52. The zero-order chi connectivity index (χ0) is 14.7. The van der Waals surface area contributed by atoms with Gasteiger partial charge < -0.3 is 15.0 Å². The van der Waals surface area contributed by atoms with Gasteiger partial charge in [0.25, 0.3) is 0 Å². The van der Waals surface area contributed by atoms with Crippen molar-refractivity contribution in [3.8, 4) is 5.75 Å². The topological polar surface area (TPSA) is 53.1 Å². The number of unbranched alkanes of at least 4 members (excludes halogenated alkanes) is 1. The van der Waals surface area contributed by atoms with E-state index >= 15 is 0 Å². The molecule has 1 heterocycles. The first kappa shape index (κ1) is 14.9. The Bertz CT molecular complexity index is 574. The van der Waals surface area contributed by atoms with Crippen molar-refractivity contribution in [3.05, 3.63) is 24.0 Å². The zero-order valence-corrected chi connectivity index (χ0v) is 12.9. The summed E-state index contributed by atoms with van der Waals surface area (Å²) >= 11 is 0. The maximum atomic E-state index is 6.34. The van der Waals surface area contributed by atoms with Crippen molar-refractivity contribution in [3.63, 3.8) is 0 Å². The molecule has 0 spiro atoms. The van der Waals surface area contributed by atoms with Crippen LogP contribution in [0.3, 0.4) is 0 Å². The molecule has 1 aromatic heterocycles. The molecule has 110 valence electrons. The van der Waals surface area contributed by atoms with E-state index in [0.717, 1.165) is 41.9 Å². The van der Waals surface area contributed by atoms with Crippen LogP contribution in [0.15, 0.2) is 18.2 Å². The number of hydrogen-bond donors (Lipinski definition) is 1. The second-order valence-electron chi connectivity index (χ2n) is 5.54. The van der Waals surface area contributed by atoms with E-state index in [2.05, 4.69) is 31.4 Å². The van der Waals surface area contributed by atoms with Gasteiger partial charge in [0.05, 0.1) is 24.2 Å². The van der Waals surface area contributed by atoms with Crippen LogP contribution in [0.1, 0.15) is 57.9 Å². The molecule has 0 aliphatic carbocycles. The highest BCUT2D eigenvalue weighted by molar-refractivity contribution is 5.78. The number of nitrogens with zero attached hydrogens (tertiary/aromatic N) is 2. The maximum absolute atomic E-state index is 6.34. The molecular weight excluding hydrogens is 250 g/mol. The molecule has 1 atom stereocenters. The van der Waals surface area contributed by atoms with Crippen molar-refractivity contribution < 1.29 is 4.74 Å². The van der Waals surface area contributed by atoms with Gasteiger partial charge in [-0.15, -0.1) is 0 Å². The number of fused-ring (bicyclic) bond motifs is 1. The molecule has 4 heteroatoms. The Morgan fingerprint density at radius 3 is 2.70 bits per heavy atom. The molecule has 1 aromatic carbocycles. The van der Waals surface area contributed by atoms with E-state index in [1.54, 1.807) is 7.11 Å². The average molecular weight is 275 g/mol. The Labute approximate surface area is 120 Å². The first-order chi connectivity index (χ1) is 9.58. The Kier molecular flexibility index (Phi) is 4.65. The Morgan fingerprint density at radius 1 is 1.35 bits per heavy atom. The van der Waals surface area contributed by atoms with Gasteiger partial charge in [0.15, 0.2) is 0 Å². The summed E-state index contributed by atoms with van der Waals surface area (Å²) in [5, 5.41) is 0. The quantitative estimate of drug-likeness (QED) is 0.872. The zero-order valence-electron chi connectivity index (χ0n) is 12.9. The van der Waals surface area contributed by atoms with Crippen molar-refractivity contribution in [1.29, 1.82) is 0 Å². The molecule has 2 aromatic rings. The van der Waals surface area contributed by atoms with E-state index in [1.165, 1.54) is 0 Å². The summed E-state index contributed by atoms with van der Waals surface area (Å²) in [7, 11) is 1.68. The number of nitrogens with two attached hydrogens (primary N) is 1. The van der Waals surface area contributed by atoms with Crippen molar-refractivity contribution in [1.82, 2.24) is 9.55 Å². The number of imidazole rings is 1. The molecule has 2 N–H and O–H groups in total. The summed E-state index contributed by atoms with van der Waals surface area (Å²) in [5.74, 6) is 1.82. The fourth-order valence-corrected chi connectivity index (χ4v) is 2.58. The molecule has 0 aliphatic heterocycles. The summed E-state index contributed by atoms with van der Waals surface area (Å²) in [6.07, 6.45) is 3.26. The van der Waals surface area contributed by atoms with Crippen LogP contribution in [-0.2, 0) is 0 Å². The highest BCUT2D eigenvalue weighted by atomic mass is 16.5. The van der Waals surface area contributed by atoms with Gasteiger partial charge in [-0.3, -0.25) is 0 Å². The van der Waals surface area contributed by atoms with E-state index < -0.39 is 0 Å². The summed E-state index contributed by atoms with van der Waals surface area (Å²) in [6, 6.07) is 6.36. The van der Waals surface area contributed by atoms with Crippen LogP contribution in [-0.4, -0.2) is 16.7 Å². The molecule has 0 aliphatic rings. The van der Waals surface area contributed by atoms with Gasteiger partial charge in [-0.1, -0.05) is 19.8 Å². The molecule has 0 amide bonds. The van der Waals surface area contributed by atoms with Gasteiger partial charge in [-0.25, -0.2) is 4.98 Å². The fourth-order valence-electron chi connectivity index (χ4n) is 2.58. The highest BCUT2D eigenvalue weighted by Crippen LogP contribution is 2.28. The minimum absolute atomic E-state index is 0.00394. The SMILES string of the molecule is CCCCC(N)c1nc2cc(OC)ccc2n1C(C)C. The fraction of sp³-hybridized carbons (Fsp3) is 0.562. The smallest absolute Gasteiger partial charge is 0.127 e. The number of methoxy groups -OCH3 is 1. The van der Waals surface area contributed by atoms with Crippen LogP contribution in [0.25, 0.3) is 11.0 Å². The lowest BCUT2D eigenvalue weighted by Crippen LogP contribution is -2.17. The minimum Gasteiger partial charge on any atom is -0.497 e. The number of rotatable bonds is 6. The molecule has 2 rings (SSSR count). The molecule has 0 fully saturated rings. The van der Waals surface area contributed by atoms with Crippen LogP contribution >= 0.6 is 0 Å². The molecule has 0 bridgehead atoms. The van der Waals surface area contributed by atoms with E-state index in [4.69, 9.17) is 15.5 Å². The summed E-state index contributed by atoms with van der Waals surface area (Å²) < 4.78 is 7.52. The van der Waals surface area contributed by atoms with Gasteiger partial charge >= 0.3 is 0 Å². The highest BCUT2D eigenvalue weighted by Gasteiger charge is 2.18. The lowest BCUT2D eigenvalue weighted by molar-refractivity contribution is 0.415. The predicted octanol–water partition coefficient (Wildman–Crippen LogP) is 3.82. The monoisotopic (exact) mass is 275 g/mol. The maximum Gasteiger partial charge on any atom is 0.127 e. The third kappa shape index (κ3) is 2.80. The second kappa shape index (κ2) is 6.27. The third-order valence-corrected chi connectivity index (χ3v) is 3.64. The van der Waals surface area contributed by atoms with Crippen LogP contribution < -0.4 is 10.5 Å². The van der Waals surface area contributed by atoms with Crippen LogP contribution in [0.4, 0.5) is 0 Å². The summed E-state index contributed by atoms with van der Waals surface area (Å²) in [5.41, 5.74) is 8.43. The normalized spacial score (nSPS) is 13.1. The molecule has 0 saturated heterocycles. The molecule has 20 heavy (non-hydrogen) atoms. The summed E-state index contributed by atoms with van der Waals surface area (Å²) in [4.78, 5) is 4.75. The standard InChI is InChI=1S/C16H25N3O/c1-5-6-7-13(17)16-18-14-10-12(20-4)8-9-15(14)19(16)11(2)3/h8-11,13H,5-7,17H2,1-4H3. The first-order valence-corrected chi connectivity index (χ1v) is 7.40. The molecule has 4 nitrogen and oxygen atoms in total. The number of benzene rings is 1. The predicted molar refractivity (Wildman–Crippen MR) is 83.1 cm³/mol. The van der Waals surface area contributed by atoms with Crippen molar-refractivity contribution >= 4 is 11.0 Å². The van der Waals surface area contributed by atoms with Gasteiger partial charge in [-0.2, -0.15) is 0 Å². The van der Waals surface area contributed by atoms with Gasteiger partial charge in [0, 0.05) is 12.1 Å². The van der Waals surface area contributed by atoms with E-state index in [9.17, 15) is 0 Å².